The fourth-order valence-electron chi connectivity index (χ4n) is 5.28. The molecule has 0 bridgehead atoms. The van der Waals surface area contributed by atoms with Crippen LogP contribution in [0.5, 0.6) is 5.75 Å². The molecule has 1 aliphatic carbocycles. The summed E-state index contributed by atoms with van der Waals surface area (Å²) in [4.78, 5) is 26.6. The second-order valence-corrected chi connectivity index (χ2v) is 10.4. The minimum atomic E-state index is -0.483. The molecule has 1 aliphatic rings. The lowest BCUT2D eigenvalue weighted by Gasteiger charge is -2.18. The fraction of sp³-hybridized carbons (Fsp3) is 0.219. The average molecular weight is 553 g/mol. The van der Waals surface area contributed by atoms with Crippen LogP contribution in [0.4, 0.5) is 4.39 Å². The molecule has 8 nitrogen and oxygen atoms in total. The first-order chi connectivity index (χ1) is 19.7. The van der Waals surface area contributed by atoms with Crippen LogP contribution in [0.3, 0.4) is 0 Å². The van der Waals surface area contributed by atoms with Crippen molar-refractivity contribution in [2.24, 2.45) is 7.05 Å². The van der Waals surface area contributed by atoms with Gasteiger partial charge in [0.1, 0.15) is 22.9 Å². The molecule has 2 aromatic heterocycles. The van der Waals surface area contributed by atoms with Gasteiger partial charge in [0.2, 0.25) is 0 Å². The number of nitrogens with zero attached hydrogens (tertiary/aromatic N) is 2. The lowest BCUT2D eigenvalue weighted by atomic mass is 9.95. The monoisotopic (exact) mass is 552 g/mol. The highest BCUT2D eigenvalue weighted by molar-refractivity contribution is 6.12. The highest BCUT2D eigenvalue weighted by Crippen LogP contribution is 2.45. The number of ether oxygens (including phenoxy) is 1. The second kappa shape index (κ2) is 9.92. The number of amides is 2. The molecule has 2 N–H and O–H groups in total. The quantitative estimate of drug-likeness (QED) is 0.269. The zero-order valence-electron chi connectivity index (χ0n) is 23.2. The Labute approximate surface area is 236 Å². The van der Waals surface area contributed by atoms with E-state index in [0.717, 1.165) is 35.2 Å². The first-order valence-electron chi connectivity index (χ1n) is 13.3. The molecule has 0 saturated heterocycles. The lowest BCUT2D eigenvalue weighted by molar-refractivity contribution is 0.0924. The number of rotatable bonds is 7. The molecule has 208 valence electrons. The zero-order chi connectivity index (χ0) is 28.9. The molecular weight excluding hydrogens is 523 g/mol. The molecule has 1 fully saturated rings. The number of aromatic nitrogens is 2. The predicted molar refractivity (Wildman–Crippen MR) is 153 cm³/mol. The maximum absolute atomic E-state index is 13.6. The molecule has 0 unspecified atom stereocenters. The molecule has 5 aromatic rings. The van der Waals surface area contributed by atoms with Crippen LogP contribution >= 0.6 is 0 Å². The first-order valence-corrected chi connectivity index (χ1v) is 13.3. The summed E-state index contributed by atoms with van der Waals surface area (Å²) in [6.07, 6.45) is 3.49. The van der Waals surface area contributed by atoms with E-state index in [0.29, 0.717) is 39.2 Å². The Hall–Kier alpha value is -4.92. The molecule has 41 heavy (non-hydrogen) atoms. The third-order valence-electron chi connectivity index (χ3n) is 7.66. The minimum absolute atomic E-state index is 0.250. The third-order valence-corrected chi connectivity index (χ3v) is 7.66. The van der Waals surface area contributed by atoms with E-state index in [9.17, 15) is 14.0 Å². The van der Waals surface area contributed by atoms with Crippen LogP contribution in [0.25, 0.3) is 33.4 Å². The lowest BCUT2D eigenvalue weighted by Crippen LogP contribution is -2.35. The summed E-state index contributed by atoms with van der Waals surface area (Å²) < 4.78 is 27.0. The molecule has 3 aromatic carbocycles. The molecule has 2 heterocycles. The van der Waals surface area contributed by atoms with Gasteiger partial charge in [-0.15, -0.1) is 0 Å². The third kappa shape index (κ3) is 4.63. The van der Waals surface area contributed by atoms with E-state index in [4.69, 9.17) is 9.15 Å². The van der Waals surface area contributed by atoms with E-state index < -0.39 is 5.54 Å². The van der Waals surface area contributed by atoms with Crippen molar-refractivity contribution < 1.29 is 23.1 Å². The van der Waals surface area contributed by atoms with E-state index in [1.807, 2.05) is 50.5 Å². The summed E-state index contributed by atoms with van der Waals surface area (Å²) in [5.41, 5.74) is 4.72. The van der Waals surface area contributed by atoms with Crippen LogP contribution < -0.4 is 15.4 Å². The number of fused-ring (bicyclic) bond motifs is 1. The van der Waals surface area contributed by atoms with Gasteiger partial charge in [-0.05, 0) is 91.1 Å². The van der Waals surface area contributed by atoms with Crippen LogP contribution in [0.15, 0.2) is 71.3 Å². The van der Waals surface area contributed by atoms with Crippen LogP contribution in [0.1, 0.15) is 44.8 Å². The van der Waals surface area contributed by atoms with E-state index in [-0.39, 0.29) is 17.6 Å². The SMILES string of the molecule is CNC(=O)c1c(-c2ccc(F)cc2)oc2ccc(-c3cc(C(=O)NC4(c5ccn(C)n5)CC4)c(OC)cc3C)cc12. The molecule has 1 saturated carbocycles. The Balaban J connectivity index is 1.43. The molecule has 0 spiro atoms. The fourth-order valence-corrected chi connectivity index (χ4v) is 5.28. The number of furan rings is 1. The number of methoxy groups -OCH3 is 1. The van der Waals surface area contributed by atoms with Crippen molar-refractivity contribution in [1.29, 1.82) is 0 Å². The Kier molecular flexibility index (Phi) is 6.37. The zero-order valence-corrected chi connectivity index (χ0v) is 23.2. The molecule has 2 amide bonds. The minimum Gasteiger partial charge on any atom is -0.496 e. The van der Waals surface area contributed by atoms with Crippen molar-refractivity contribution in [3.63, 3.8) is 0 Å². The van der Waals surface area contributed by atoms with Crippen molar-refractivity contribution in [2.75, 3.05) is 14.2 Å². The maximum Gasteiger partial charge on any atom is 0.255 e. The first kappa shape index (κ1) is 26.3. The van der Waals surface area contributed by atoms with Gasteiger partial charge in [0.25, 0.3) is 11.8 Å². The van der Waals surface area contributed by atoms with Crippen LogP contribution in [-0.2, 0) is 12.6 Å². The molecule has 0 atom stereocenters. The standard InChI is InChI=1S/C32H29FN4O4/c1-18-15-26(40-4)24(30(38)35-32(12-13-32)27-11-14-37(3)36-27)17-22(18)20-7-10-25-23(16-20)28(31(39)34-2)29(41-25)19-5-8-21(33)9-6-19/h5-11,14-17H,12-13H2,1-4H3,(H,34,39)(H,35,38). The Morgan fingerprint density at radius 3 is 2.39 bits per heavy atom. The van der Waals surface area contributed by atoms with Crippen molar-refractivity contribution in [3.8, 4) is 28.2 Å². The Morgan fingerprint density at radius 2 is 1.76 bits per heavy atom. The van der Waals surface area contributed by atoms with E-state index in [2.05, 4.69) is 15.7 Å². The Bertz CT molecular complexity index is 1820. The van der Waals surface area contributed by atoms with Crippen molar-refractivity contribution >= 4 is 22.8 Å². The van der Waals surface area contributed by atoms with Crippen molar-refractivity contribution in [3.05, 3.63) is 95.1 Å². The van der Waals surface area contributed by atoms with Gasteiger partial charge in [0, 0.05) is 31.2 Å². The van der Waals surface area contributed by atoms with Gasteiger partial charge < -0.3 is 19.8 Å². The topological polar surface area (TPSA) is 98.4 Å². The molecule has 0 aliphatic heterocycles. The van der Waals surface area contributed by atoms with Gasteiger partial charge in [0.05, 0.1) is 29.5 Å². The van der Waals surface area contributed by atoms with Crippen LogP contribution in [0.2, 0.25) is 0 Å². The normalized spacial score (nSPS) is 13.7. The number of benzene rings is 3. The number of aryl methyl sites for hydroxylation is 2. The number of carbonyl (C=O) groups excluding carboxylic acids is 2. The number of hydrogen-bond donors (Lipinski definition) is 2. The van der Waals surface area contributed by atoms with Gasteiger partial charge >= 0.3 is 0 Å². The highest BCUT2D eigenvalue weighted by Gasteiger charge is 2.48. The Morgan fingerprint density at radius 1 is 1.02 bits per heavy atom. The van der Waals surface area contributed by atoms with Crippen molar-refractivity contribution in [2.45, 2.75) is 25.3 Å². The summed E-state index contributed by atoms with van der Waals surface area (Å²) in [6, 6.07) is 17.0. The van der Waals surface area contributed by atoms with Gasteiger partial charge in [-0.2, -0.15) is 5.10 Å². The smallest absolute Gasteiger partial charge is 0.255 e. The van der Waals surface area contributed by atoms with E-state index >= 15 is 0 Å². The summed E-state index contributed by atoms with van der Waals surface area (Å²) in [5.74, 6) is -0.130. The maximum atomic E-state index is 13.6. The number of hydrogen-bond acceptors (Lipinski definition) is 5. The van der Waals surface area contributed by atoms with Gasteiger partial charge in [0.15, 0.2) is 0 Å². The van der Waals surface area contributed by atoms with Gasteiger partial charge in [-0.3, -0.25) is 14.3 Å². The number of nitrogens with one attached hydrogen (secondary N) is 2. The van der Waals surface area contributed by atoms with Crippen LogP contribution in [0, 0.1) is 12.7 Å². The largest absolute Gasteiger partial charge is 0.496 e. The van der Waals surface area contributed by atoms with Crippen molar-refractivity contribution in [1.82, 2.24) is 20.4 Å². The van der Waals surface area contributed by atoms with Gasteiger partial charge in [-0.1, -0.05) is 6.07 Å². The molecule has 6 rings (SSSR count). The average Bonchev–Trinajstić information content (AvgIpc) is 3.44. The van der Waals surface area contributed by atoms with Gasteiger partial charge in [-0.25, -0.2) is 4.39 Å². The summed E-state index contributed by atoms with van der Waals surface area (Å²) in [5, 5.41) is 11.0. The van der Waals surface area contributed by atoms with Crippen LogP contribution in [-0.4, -0.2) is 35.8 Å². The number of halogens is 1. The van der Waals surface area contributed by atoms with E-state index in [1.54, 1.807) is 37.0 Å². The summed E-state index contributed by atoms with van der Waals surface area (Å²) >= 11 is 0. The molecular formula is C32H29FN4O4. The van der Waals surface area contributed by atoms with E-state index in [1.165, 1.54) is 12.1 Å². The summed E-state index contributed by atoms with van der Waals surface area (Å²) in [6.45, 7) is 1.94. The summed E-state index contributed by atoms with van der Waals surface area (Å²) in [7, 11) is 4.95. The molecule has 9 heteroatoms. The molecule has 0 radical (unpaired) electrons. The second-order valence-electron chi connectivity index (χ2n) is 10.4. The highest BCUT2D eigenvalue weighted by atomic mass is 19.1. The number of carbonyl (C=O) groups is 2. The predicted octanol–water partition coefficient (Wildman–Crippen LogP) is 5.74.